The van der Waals surface area contributed by atoms with Crippen molar-refractivity contribution < 1.29 is 14.0 Å². The van der Waals surface area contributed by atoms with Crippen molar-refractivity contribution in [3.8, 4) is 0 Å². The fourth-order valence-corrected chi connectivity index (χ4v) is 3.26. The van der Waals surface area contributed by atoms with Gasteiger partial charge in [-0.1, -0.05) is 29.8 Å². The van der Waals surface area contributed by atoms with Crippen LogP contribution < -0.4 is 0 Å². The van der Waals surface area contributed by atoms with Gasteiger partial charge in [0.1, 0.15) is 5.58 Å². The molecule has 5 nitrogen and oxygen atoms in total. The number of amides is 2. The number of halogens is 1. The highest BCUT2D eigenvalue weighted by Crippen LogP contribution is 2.21. The lowest BCUT2D eigenvalue weighted by molar-refractivity contribution is 0.0519. The molecule has 0 spiro atoms. The molecule has 0 N–H and O–H groups in total. The molecule has 2 aromatic carbocycles. The number of carbonyl (C=O) groups is 2. The van der Waals surface area contributed by atoms with Crippen LogP contribution in [0.3, 0.4) is 0 Å². The van der Waals surface area contributed by atoms with Crippen LogP contribution >= 0.6 is 11.6 Å². The number of benzene rings is 2. The van der Waals surface area contributed by atoms with Gasteiger partial charge in [-0.2, -0.15) is 0 Å². The highest BCUT2D eigenvalue weighted by molar-refractivity contribution is 6.30. The third kappa shape index (κ3) is 3.18. The first-order valence-corrected chi connectivity index (χ1v) is 8.82. The summed E-state index contributed by atoms with van der Waals surface area (Å²) in [5.41, 5.74) is 1.30. The number of rotatable bonds is 2. The van der Waals surface area contributed by atoms with Crippen LogP contribution in [-0.2, 0) is 0 Å². The summed E-state index contributed by atoms with van der Waals surface area (Å²) in [5, 5.41) is 1.51. The lowest BCUT2D eigenvalue weighted by Crippen LogP contribution is -2.50. The Morgan fingerprint density at radius 1 is 0.846 bits per heavy atom. The highest BCUT2D eigenvalue weighted by Gasteiger charge is 2.27. The molecule has 132 valence electrons. The molecular weight excluding hydrogens is 352 g/mol. The Kier molecular flexibility index (Phi) is 4.39. The van der Waals surface area contributed by atoms with Gasteiger partial charge in [0, 0.05) is 42.2 Å². The fourth-order valence-electron chi connectivity index (χ4n) is 3.13. The molecule has 0 aliphatic carbocycles. The molecule has 0 atom stereocenters. The molecule has 2 amide bonds. The molecule has 0 saturated carbocycles. The molecule has 1 aliphatic heterocycles. The second-order valence-electron chi connectivity index (χ2n) is 6.24. The van der Waals surface area contributed by atoms with Crippen molar-refractivity contribution in [1.29, 1.82) is 0 Å². The van der Waals surface area contributed by atoms with Crippen LogP contribution in [0.5, 0.6) is 0 Å². The SMILES string of the molecule is O=C(c1ccc(Cl)cc1)N1CCN(C(=O)c2cc3ccccc3o2)CC1. The largest absolute Gasteiger partial charge is 0.451 e. The molecule has 1 saturated heterocycles. The van der Waals surface area contributed by atoms with Crippen molar-refractivity contribution in [2.75, 3.05) is 26.2 Å². The average molecular weight is 369 g/mol. The normalized spacial score (nSPS) is 14.7. The second kappa shape index (κ2) is 6.84. The Morgan fingerprint density at radius 2 is 1.46 bits per heavy atom. The minimum Gasteiger partial charge on any atom is -0.451 e. The maximum atomic E-state index is 12.7. The summed E-state index contributed by atoms with van der Waals surface area (Å²) in [5.74, 6) is 0.154. The molecule has 0 radical (unpaired) electrons. The predicted octanol–water partition coefficient (Wildman–Crippen LogP) is 3.68. The fraction of sp³-hybridized carbons (Fsp3) is 0.200. The van der Waals surface area contributed by atoms with Crippen molar-refractivity contribution in [2.24, 2.45) is 0 Å². The third-order valence-corrected chi connectivity index (χ3v) is 4.83. The van der Waals surface area contributed by atoms with E-state index in [1.54, 1.807) is 40.1 Å². The van der Waals surface area contributed by atoms with Gasteiger partial charge in [0.25, 0.3) is 11.8 Å². The van der Waals surface area contributed by atoms with Gasteiger partial charge in [0.05, 0.1) is 0 Å². The lowest BCUT2D eigenvalue weighted by atomic mass is 10.2. The summed E-state index contributed by atoms with van der Waals surface area (Å²) < 4.78 is 5.65. The van der Waals surface area contributed by atoms with Gasteiger partial charge in [0.2, 0.25) is 0 Å². The number of para-hydroxylation sites is 1. The number of carbonyl (C=O) groups excluding carboxylic acids is 2. The highest BCUT2D eigenvalue weighted by atomic mass is 35.5. The van der Waals surface area contributed by atoms with Crippen molar-refractivity contribution in [3.63, 3.8) is 0 Å². The van der Waals surface area contributed by atoms with E-state index < -0.39 is 0 Å². The Labute approximate surface area is 155 Å². The van der Waals surface area contributed by atoms with Gasteiger partial charge in [-0.25, -0.2) is 0 Å². The molecule has 6 heteroatoms. The Morgan fingerprint density at radius 3 is 2.12 bits per heavy atom. The number of hydrogen-bond donors (Lipinski definition) is 0. The zero-order valence-corrected chi connectivity index (χ0v) is 14.8. The first-order valence-electron chi connectivity index (χ1n) is 8.44. The van der Waals surface area contributed by atoms with Crippen molar-refractivity contribution in [1.82, 2.24) is 9.80 Å². The van der Waals surface area contributed by atoms with Gasteiger partial charge in [-0.3, -0.25) is 9.59 Å². The van der Waals surface area contributed by atoms with Gasteiger partial charge >= 0.3 is 0 Å². The first kappa shape index (κ1) is 16.7. The summed E-state index contributed by atoms with van der Waals surface area (Å²) in [7, 11) is 0. The minimum atomic E-state index is -0.139. The van der Waals surface area contributed by atoms with E-state index in [-0.39, 0.29) is 11.8 Å². The van der Waals surface area contributed by atoms with Gasteiger partial charge in [-0.15, -0.1) is 0 Å². The third-order valence-electron chi connectivity index (χ3n) is 4.58. The second-order valence-corrected chi connectivity index (χ2v) is 6.68. The Bertz CT molecular complexity index is 924. The zero-order valence-electron chi connectivity index (χ0n) is 14.0. The van der Waals surface area contributed by atoms with E-state index in [1.807, 2.05) is 24.3 Å². The Balaban J connectivity index is 1.42. The summed E-state index contributed by atoms with van der Waals surface area (Å²) in [6.45, 7) is 1.95. The summed E-state index contributed by atoms with van der Waals surface area (Å²) >= 11 is 5.87. The first-order chi connectivity index (χ1) is 12.6. The summed E-state index contributed by atoms with van der Waals surface area (Å²) in [6.07, 6.45) is 0. The average Bonchev–Trinajstić information content (AvgIpc) is 3.12. The summed E-state index contributed by atoms with van der Waals surface area (Å²) in [6, 6.07) is 16.2. The van der Waals surface area contributed by atoms with Crippen LogP contribution in [0.2, 0.25) is 5.02 Å². The topological polar surface area (TPSA) is 53.8 Å². The lowest BCUT2D eigenvalue weighted by Gasteiger charge is -2.34. The van der Waals surface area contributed by atoms with E-state index in [4.69, 9.17) is 16.0 Å². The van der Waals surface area contributed by atoms with Crippen LogP contribution in [0.1, 0.15) is 20.9 Å². The number of furan rings is 1. The van der Waals surface area contributed by atoms with E-state index in [0.717, 1.165) is 5.39 Å². The van der Waals surface area contributed by atoms with Gasteiger partial charge < -0.3 is 14.2 Å². The predicted molar refractivity (Wildman–Crippen MR) is 99.5 cm³/mol. The zero-order chi connectivity index (χ0) is 18.1. The van der Waals surface area contributed by atoms with Crippen LogP contribution in [0.15, 0.2) is 59.0 Å². The molecule has 2 heterocycles. The number of piperazine rings is 1. The van der Waals surface area contributed by atoms with E-state index in [1.165, 1.54) is 0 Å². The van der Waals surface area contributed by atoms with E-state index in [2.05, 4.69) is 0 Å². The van der Waals surface area contributed by atoms with Crippen molar-refractivity contribution >= 4 is 34.4 Å². The van der Waals surface area contributed by atoms with Gasteiger partial charge in [0.15, 0.2) is 5.76 Å². The molecule has 26 heavy (non-hydrogen) atoms. The molecular formula is C20H17ClN2O3. The number of hydrogen-bond acceptors (Lipinski definition) is 3. The monoisotopic (exact) mass is 368 g/mol. The van der Waals surface area contributed by atoms with Crippen molar-refractivity contribution in [2.45, 2.75) is 0 Å². The molecule has 1 fully saturated rings. The maximum absolute atomic E-state index is 12.7. The van der Waals surface area contributed by atoms with E-state index in [0.29, 0.717) is 48.1 Å². The van der Waals surface area contributed by atoms with Crippen LogP contribution in [0.25, 0.3) is 11.0 Å². The van der Waals surface area contributed by atoms with Crippen molar-refractivity contribution in [3.05, 3.63) is 70.9 Å². The molecule has 4 rings (SSSR count). The Hall–Kier alpha value is -2.79. The molecule has 1 aromatic heterocycles. The van der Waals surface area contributed by atoms with E-state index >= 15 is 0 Å². The van der Waals surface area contributed by atoms with Crippen LogP contribution in [-0.4, -0.2) is 47.8 Å². The smallest absolute Gasteiger partial charge is 0.289 e. The molecule has 0 bridgehead atoms. The minimum absolute atomic E-state index is 0.0440. The maximum Gasteiger partial charge on any atom is 0.289 e. The van der Waals surface area contributed by atoms with E-state index in [9.17, 15) is 9.59 Å². The number of nitrogens with zero attached hydrogens (tertiary/aromatic N) is 2. The molecule has 3 aromatic rings. The quantitative estimate of drug-likeness (QED) is 0.693. The molecule has 1 aliphatic rings. The number of fused-ring (bicyclic) bond motifs is 1. The van der Waals surface area contributed by atoms with Crippen LogP contribution in [0, 0.1) is 0 Å². The van der Waals surface area contributed by atoms with Gasteiger partial charge in [-0.05, 0) is 36.4 Å². The molecule has 0 unspecified atom stereocenters. The standard InChI is InChI=1S/C20H17ClN2O3/c21-16-7-5-14(6-8-16)19(24)22-9-11-23(12-10-22)20(25)18-13-15-3-1-2-4-17(15)26-18/h1-8,13H,9-12H2. The van der Waals surface area contributed by atoms with Crippen LogP contribution in [0.4, 0.5) is 0 Å². The summed E-state index contributed by atoms with van der Waals surface area (Å²) in [4.78, 5) is 28.7.